The van der Waals surface area contributed by atoms with Gasteiger partial charge >= 0.3 is 6.09 Å². The Bertz CT molecular complexity index is 845. The molecule has 1 aromatic rings. The van der Waals surface area contributed by atoms with Crippen LogP contribution in [0.25, 0.3) is 0 Å². The van der Waals surface area contributed by atoms with Gasteiger partial charge in [0.25, 0.3) is 0 Å². The average molecular weight is 467 g/mol. The highest BCUT2D eigenvalue weighted by Crippen LogP contribution is 2.34. The van der Waals surface area contributed by atoms with Crippen molar-refractivity contribution in [3.8, 4) is 0 Å². The summed E-state index contributed by atoms with van der Waals surface area (Å²) in [6.07, 6.45) is 6.30. The van der Waals surface area contributed by atoms with E-state index in [-0.39, 0.29) is 18.2 Å². The average Bonchev–Trinajstić information content (AvgIpc) is 2.71. The maximum Gasteiger partial charge on any atom is 0.410 e. The summed E-state index contributed by atoms with van der Waals surface area (Å²) in [5.41, 5.74) is 0.766. The van der Waals surface area contributed by atoms with Gasteiger partial charge in [-0.3, -0.25) is 0 Å². The number of likely N-dealkylation sites (tertiary alicyclic amines) is 1. The van der Waals surface area contributed by atoms with E-state index < -0.39 is 21.7 Å². The predicted molar refractivity (Wildman–Crippen MR) is 125 cm³/mol. The molecule has 0 unspecified atom stereocenters. The third-order valence-electron chi connectivity index (χ3n) is 6.22. The first-order chi connectivity index (χ1) is 15.0. The van der Waals surface area contributed by atoms with E-state index in [1.54, 1.807) is 4.90 Å². The molecule has 0 spiro atoms. The van der Waals surface area contributed by atoms with Gasteiger partial charge in [0, 0.05) is 12.6 Å². The molecule has 1 aromatic carbocycles. The van der Waals surface area contributed by atoms with E-state index in [2.05, 4.69) is 29.0 Å². The number of hydrogen-bond donors (Lipinski definition) is 1. The SMILES string of the molecule is CC(C)(C)OC(=O)N1CCC[C@H](NS(C)(=O)=O)[C@@H]1CO[C@H]1CC[C@@H](c2ccccc2)CC1. The maximum absolute atomic E-state index is 12.9. The lowest BCUT2D eigenvalue weighted by Gasteiger charge is -2.42. The second-order valence-electron chi connectivity index (χ2n) is 10.1. The van der Waals surface area contributed by atoms with Gasteiger partial charge < -0.3 is 14.4 Å². The van der Waals surface area contributed by atoms with Crippen molar-refractivity contribution in [1.82, 2.24) is 9.62 Å². The van der Waals surface area contributed by atoms with Crippen LogP contribution in [0.4, 0.5) is 4.79 Å². The summed E-state index contributed by atoms with van der Waals surface area (Å²) < 4.78 is 38.5. The molecule has 1 N–H and O–H groups in total. The highest BCUT2D eigenvalue weighted by Gasteiger charge is 2.38. The summed E-state index contributed by atoms with van der Waals surface area (Å²) in [6.45, 7) is 6.33. The molecule has 1 saturated heterocycles. The molecule has 1 saturated carbocycles. The number of benzene rings is 1. The number of piperidine rings is 1. The van der Waals surface area contributed by atoms with E-state index in [9.17, 15) is 13.2 Å². The largest absolute Gasteiger partial charge is 0.444 e. The standard InChI is InChI=1S/C24H38N2O5S/c1-24(2,3)31-23(27)26-16-8-11-21(25-32(4,28)29)22(26)17-30-20-14-12-19(13-15-20)18-9-6-5-7-10-18/h5-7,9-10,19-22,25H,8,11-17H2,1-4H3/t19-,20+,21-,22-/m0/s1. The molecule has 7 nitrogen and oxygen atoms in total. The molecule has 1 aliphatic heterocycles. The van der Waals surface area contributed by atoms with Gasteiger partial charge in [0.2, 0.25) is 10.0 Å². The van der Waals surface area contributed by atoms with Gasteiger partial charge in [0.05, 0.1) is 25.0 Å². The number of rotatable bonds is 6. The summed E-state index contributed by atoms with van der Waals surface area (Å²) in [7, 11) is -3.41. The molecular formula is C24H38N2O5S. The Hall–Kier alpha value is -1.64. The van der Waals surface area contributed by atoms with Crippen LogP contribution in [0.5, 0.6) is 0 Å². The summed E-state index contributed by atoms with van der Waals surface area (Å²) in [5.74, 6) is 0.559. The van der Waals surface area contributed by atoms with Crippen LogP contribution in [0.2, 0.25) is 0 Å². The first-order valence-corrected chi connectivity index (χ1v) is 13.5. The second-order valence-corrected chi connectivity index (χ2v) is 11.9. The Kier molecular flexibility index (Phi) is 8.22. The lowest BCUT2D eigenvalue weighted by molar-refractivity contribution is -0.0390. The minimum absolute atomic E-state index is 0.122. The molecule has 1 amide bonds. The fraction of sp³-hybridized carbons (Fsp3) is 0.708. The van der Waals surface area contributed by atoms with E-state index in [1.165, 1.54) is 5.56 Å². The van der Waals surface area contributed by atoms with Crippen molar-refractivity contribution < 1.29 is 22.7 Å². The van der Waals surface area contributed by atoms with Crippen molar-refractivity contribution in [3.63, 3.8) is 0 Å². The fourth-order valence-corrected chi connectivity index (χ4v) is 5.57. The first-order valence-electron chi connectivity index (χ1n) is 11.7. The van der Waals surface area contributed by atoms with Gasteiger partial charge in [-0.1, -0.05) is 30.3 Å². The third kappa shape index (κ3) is 7.46. The Balaban J connectivity index is 1.63. The molecule has 180 valence electrons. The number of amides is 1. The molecule has 0 aromatic heterocycles. The Morgan fingerprint density at radius 1 is 1.09 bits per heavy atom. The normalized spacial score (nSPS) is 27.2. The van der Waals surface area contributed by atoms with Crippen LogP contribution in [0.1, 0.15) is 70.8 Å². The monoisotopic (exact) mass is 466 g/mol. The highest BCUT2D eigenvalue weighted by atomic mass is 32.2. The van der Waals surface area contributed by atoms with E-state index >= 15 is 0 Å². The summed E-state index contributed by atoms with van der Waals surface area (Å²) in [4.78, 5) is 14.5. The van der Waals surface area contributed by atoms with Crippen molar-refractivity contribution >= 4 is 16.1 Å². The topological polar surface area (TPSA) is 84.9 Å². The predicted octanol–water partition coefficient (Wildman–Crippen LogP) is 4.05. The summed E-state index contributed by atoms with van der Waals surface area (Å²) in [5, 5.41) is 0. The van der Waals surface area contributed by atoms with Crippen LogP contribution in [0.15, 0.2) is 30.3 Å². The minimum Gasteiger partial charge on any atom is -0.444 e. The molecule has 2 aliphatic rings. The number of ether oxygens (including phenoxy) is 2. The molecule has 8 heteroatoms. The number of carbonyl (C=O) groups is 1. The van der Waals surface area contributed by atoms with E-state index in [0.717, 1.165) is 31.9 Å². The van der Waals surface area contributed by atoms with E-state index in [4.69, 9.17) is 9.47 Å². The minimum atomic E-state index is -3.41. The number of sulfonamides is 1. The molecule has 2 fully saturated rings. The highest BCUT2D eigenvalue weighted by molar-refractivity contribution is 7.88. The van der Waals surface area contributed by atoms with Crippen LogP contribution in [0.3, 0.4) is 0 Å². The molecule has 3 rings (SSSR count). The van der Waals surface area contributed by atoms with Gasteiger partial charge in [-0.15, -0.1) is 0 Å². The molecule has 32 heavy (non-hydrogen) atoms. The van der Waals surface area contributed by atoms with Crippen molar-refractivity contribution in [2.75, 3.05) is 19.4 Å². The molecular weight excluding hydrogens is 428 g/mol. The van der Waals surface area contributed by atoms with Crippen LogP contribution in [0, 0.1) is 0 Å². The zero-order chi connectivity index (χ0) is 23.4. The molecule has 1 aliphatic carbocycles. The van der Waals surface area contributed by atoms with Crippen molar-refractivity contribution in [2.45, 2.75) is 89.0 Å². The molecule has 0 bridgehead atoms. The first kappa shape index (κ1) is 25.0. The quantitative estimate of drug-likeness (QED) is 0.684. The van der Waals surface area contributed by atoms with Crippen LogP contribution < -0.4 is 4.72 Å². The Morgan fingerprint density at radius 3 is 2.34 bits per heavy atom. The van der Waals surface area contributed by atoms with Gasteiger partial charge in [-0.25, -0.2) is 17.9 Å². The Morgan fingerprint density at radius 2 is 1.75 bits per heavy atom. The van der Waals surface area contributed by atoms with Gasteiger partial charge in [0.1, 0.15) is 5.60 Å². The van der Waals surface area contributed by atoms with Crippen LogP contribution >= 0.6 is 0 Å². The lowest BCUT2D eigenvalue weighted by atomic mass is 9.83. The van der Waals surface area contributed by atoms with Crippen molar-refractivity contribution in [2.24, 2.45) is 0 Å². The van der Waals surface area contributed by atoms with Crippen molar-refractivity contribution in [3.05, 3.63) is 35.9 Å². The van der Waals surface area contributed by atoms with Gasteiger partial charge in [-0.2, -0.15) is 0 Å². The summed E-state index contributed by atoms with van der Waals surface area (Å²) >= 11 is 0. The van der Waals surface area contributed by atoms with E-state index in [0.29, 0.717) is 31.9 Å². The van der Waals surface area contributed by atoms with E-state index in [1.807, 2.05) is 26.8 Å². The van der Waals surface area contributed by atoms with Crippen LogP contribution in [-0.2, 0) is 19.5 Å². The number of nitrogens with one attached hydrogen (secondary N) is 1. The van der Waals surface area contributed by atoms with Crippen molar-refractivity contribution in [1.29, 1.82) is 0 Å². The number of nitrogens with zero attached hydrogens (tertiary/aromatic N) is 1. The zero-order valence-electron chi connectivity index (χ0n) is 19.7. The summed E-state index contributed by atoms with van der Waals surface area (Å²) in [6, 6.07) is 9.82. The zero-order valence-corrected chi connectivity index (χ0v) is 20.6. The number of carbonyl (C=O) groups excluding carboxylic acids is 1. The van der Waals surface area contributed by atoms with Gasteiger partial charge in [-0.05, 0) is 70.8 Å². The number of hydrogen-bond acceptors (Lipinski definition) is 5. The lowest BCUT2D eigenvalue weighted by Crippen LogP contribution is -2.59. The maximum atomic E-state index is 12.9. The molecule has 1 heterocycles. The second kappa shape index (κ2) is 10.5. The smallest absolute Gasteiger partial charge is 0.410 e. The van der Waals surface area contributed by atoms with Crippen LogP contribution in [-0.4, -0.2) is 62.6 Å². The molecule has 2 atom stereocenters. The van der Waals surface area contributed by atoms with Gasteiger partial charge in [0.15, 0.2) is 0 Å². The Labute approximate surface area is 192 Å². The third-order valence-corrected chi connectivity index (χ3v) is 6.95. The fourth-order valence-electron chi connectivity index (χ4n) is 4.75. The molecule has 0 radical (unpaired) electrons.